The number of anilines is 1. The Morgan fingerprint density at radius 2 is 1.81 bits per heavy atom. The number of H-pyrrole nitrogens is 1. The first-order valence-corrected chi connectivity index (χ1v) is 8.67. The molecule has 4 rings (SSSR count). The Hall–Kier alpha value is -3.36. The van der Waals surface area contributed by atoms with Crippen LogP contribution < -0.4 is 10.00 Å². The van der Waals surface area contributed by atoms with Crippen molar-refractivity contribution in [1.82, 2.24) is 19.8 Å². The lowest BCUT2D eigenvalue weighted by molar-refractivity contribution is -0.641. The lowest BCUT2D eigenvalue weighted by Crippen LogP contribution is -2.63. The van der Waals surface area contributed by atoms with Crippen LogP contribution in [0.25, 0.3) is 5.69 Å². The molecule has 2 aliphatic rings. The third-order valence-electron chi connectivity index (χ3n) is 4.99. The van der Waals surface area contributed by atoms with Gasteiger partial charge < -0.3 is 9.80 Å². The predicted octanol–water partition coefficient (Wildman–Crippen LogP) is 0.532. The van der Waals surface area contributed by atoms with Gasteiger partial charge in [-0.3, -0.25) is 9.69 Å². The normalized spacial score (nSPS) is 22.2. The maximum atomic E-state index is 12.6. The van der Waals surface area contributed by atoms with Crippen LogP contribution in [0.3, 0.4) is 0 Å². The standard InChI is InChI=1S/C18H21N7O2/c1-11-10-13(25(21-11)12-8-6-5-7-9-12)19-17-20-15-14(22(17)2)16(26)24(4)18(27)23(15)3/h5-10,14-15H,1-4H3,(H,19,20,21)/p+1/t14-,15+/m1/s1. The van der Waals surface area contributed by atoms with Gasteiger partial charge in [0.15, 0.2) is 17.9 Å². The molecule has 1 fully saturated rings. The number of carbonyl (C=O) groups is 2. The van der Waals surface area contributed by atoms with Crippen molar-refractivity contribution in [3.8, 4) is 5.69 Å². The van der Waals surface area contributed by atoms with Gasteiger partial charge in [0.1, 0.15) is 0 Å². The molecule has 1 aromatic heterocycles. The SMILES string of the molecule is Cc1cc(NC2=N[C@@H]3[C@H](C(=O)N(C)C(=O)N3C)N2C)[n+](-c2ccccc2)[nH]1. The summed E-state index contributed by atoms with van der Waals surface area (Å²) in [5.41, 5.74) is 1.94. The fraction of sp³-hybridized carbons (Fsp3) is 0.333. The number of hydrogen-bond acceptors (Lipinski definition) is 5. The number of para-hydroxylation sites is 1. The highest BCUT2D eigenvalue weighted by atomic mass is 16.2. The van der Waals surface area contributed by atoms with E-state index in [4.69, 9.17) is 0 Å². The topological polar surface area (TPSA) is 87.9 Å². The average Bonchev–Trinajstić information content (AvgIpc) is 3.19. The zero-order valence-corrected chi connectivity index (χ0v) is 15.7. The van der Waals surface area contributed by atoms with E-state index in [0.717, 1.165) is 22.1 Å². The number of likely N-dealkylation sites (N-methyl/N-ethyl adjacent to an activating group) is 3. The van der Waals surface area contributed by atoms with E-state index in [0.29, 0.717) is 5.96 Å². The van der Waals surface area contributed by atoms with Crippen LogP contribution in [0.5, 0.6) is 0 Å². The van der Waals surface area contributed by atoms with Gasteiger partial charge >= 0.3 is 11.8 Å². The van der Waals surface area contributed by atoms with Crippen molar-refractivity contribution in [3.05, 3.63) is 42.1 Å². The first-order valence-electron chi connectivity index (χ1n) is 8.67. The maximum absolute atomic E-state index is 12.6. The molecule has 0 saturated carbocycles. The second kappa shape index (κ2) is 6.11. The van der Waals surface area contributed by atoms with Crippen LogP contribution >= 0.6 is 0 Å². The Morgan fingerprint density at radius 1 is 1.11 bits per heavy atom. The fourth-order valence-electron chi connectivity index (χ4n) is 3.50. The van der Waals surface area contributed by atoms with Gasteiger partial charge in [-0.05, 0) is 19.1 Å². The lowest BCUT2D eigenvalue weighted by atomic mass is 10.1. The predicted molar refractivity (Wildman–Crippen MR) is 99.4 cm³/mol. The molecule has 9 heteroatoms. The molecule has 3 amide bonds. The molecule has 2 N–H and O–H groups in total. The average molecular weight is 368 g/mol. The first kappa shape index (κ1) is 17.1. The van der Waals surface area contributed by atoms with Crippen molar-refractivity contribution in [2.45, 2.75) is 19.1 Å². The monoisotopic (exact) mass is 368 g/mol. The van der Waals surface area contributed by atoms with Gasteiger partial charge in [-0.1, -0.05) is 18.2 Å². The molecule has 0 bridgehead atoms. The van der Waals surface area contributed by atoms with Gasteiger partial charge in [0.05, 0.1) is 11.8 Å². The Labute approximate surface area is 156 Å². The number of nitrogens with one attached hydrogen (secondary N) is 2. The third-order valence-corrected chi connectivity index (χ3v) is 4.99. The highest BCUT2D eigenvalue weighted by Gasteiger charge is 2.51. The van der Waals surface area contributed by atoms with Crippen LogP contribution in [-0.2, 0) is 4.79 Å². The molecular weight excluding hydrogens is 346 g/mol. The molecule has 0 spiro atoms. The maximum Gasteiger partial charge on any atom is 0.328 e. The van der Waals surface area contributed by atoms with Crippen LogP contribution in [0.4, 0.5) is 10.6 Å². The number of aromatic nitrogens is 2. The van der Waals surface area contributed by atoms with Crippen molar-refractivity contribution < 1.29 is 14.3 Å². The Balaban J connectivity index is 1.67. The number of nitrogens with zero attached hydrogens (tertiary/aromatic N) is 5. The van der Waals surface area contributed by atoms with Crippen LogP contribution in [0, 0.1) is 6.92 Å². The second-order valence-corrected chi connectivity index (χ2v) is 6.83. The summed E-state index contributed by atoms with van der Waals surface area (Å²) < 4.78 is 1.91. The number of carbonyl (C=O) groups excluding carboxylic acids is 2. The van der Waals surface area contributed by atoms with Crippen molar-refractivity contribution in [2.24, 2.45) is 4.99 Å². The second-order valence-electron chi connectivity index (χ2n) is 6.83. The first-order chi connectivity index (χ1) is 12.9. The molecule has 2 aliphatic heterocycles. The Morgan fingerprint density at radius 3 is 2.52 bits per heavy atom. The molecule has 3 heterocycles. The quantitative estimate of drug-likeness (QED) is 0.757. The van der Waals surface area contributed by atoms with E-state index in [9.17, 15) is 9.59 Å². The van der Waals surface area contributed by atoms with E-state index in [1.54, 1.807) is 19.0 Å². The molecule has 0 radical (unpaired) electrons. The largest absolute Gasteiger partial charge is 0.328 e. The smallest absolute Gasteiger partial charge is 0.310 e. The molecule has 140 valence electrons. The number of aryl methyl sites for hydroxylation is 1. The zero-order chi connectivity index (χ0) is 19.3. The minimum Gasteiger partial charge on any atom is -0.310 e. The summed E-state index contributed by atoms with van der Waals surface area (Å²) in [4.78, 5) is 33.8. The molecule has 1 aromatic carbocycles. The van der Waals surface area contributed by atoms with Gasteiger partial charge in [0.2, 0.25) is 0 Å². The molecule has 9 nitrogen and oxygen atoms in total. The number of fused-ring (bicyclic) bond motifs is 1. The molecular formula is C18H22N7O2+. The van der Waals surface area contributed by atoms with E-state index in [-0.39, 0.29) is 11.9 Å². The number of amides is 3. The van der Waals surface area contributed by atoms with Crippen molar-refractivity contribution >= 4 is 23.7 Å². The number of imide groups is 1. The van der Waals surface area contributed by atoms with Gasteiger partial charge in [-0.15, -0.1) is 4.68 Å². The summed E-state index contributed by atoms with van der Waals surface area (Å²) in [6.45, 7) is 1.97. The van der Waals surface area contributed by atoms with Crippen LogP contribution in [0.2, 0.25) is 0 Å². The summed E-state index contributed by atoms with van der Waals surface area (Å²) >= 11 is 0. The van der Waals surface area contributed by atoms with Crippen LogP contribution in [-0.4, -0.2) is 71.0 Å². The number of benzene rings is 1. The number of urea groups is 1. The zero-order valence-electron chi connectivity index (χ0n) is 15.7. The fourth-order valence-corrected chi connectivity index (χ4v) is 3.50. The van der Waals surface area contributed by atoms with Gasteiger partial charge in [-0.2, -0.15) is 0 Å². The van der Waals surface area contributed by atoms with E-state index in [1.807, 2.05) is 48.0 Å². The van der Waals surface area contributed by atoms with Gasteiger partial charge in [-0.25, -0.2) is 20.2 Å². The van der Waals surface area contributed by atoms with Crippen LogP contribution in [0.15, 0.2) is 41.4 Å². The van der Waals surface area contributed by atoms with Crippen molar-refractivity contribution in [2.75, 3.05) is 26.5 Å². The van der Waals surface area contributed by atoms with E-state index in [2.05, 4.69) is 15.4 Å². The summed E-state index contributed by atoms with van der Waals surface area (Å²) in [6, 6.07) is 11.0. The lowest BCUT2D eigenvalue weighted by Gasteiger charge is -2.38. The Bertz CT molecular complexity index is 936. The number of hydrogen-bond donors (Lipinski definition) is 2. The van der Waals surface area contributed by atoms with E-state index in [1.165, 1.54) is 11.9 Å². The number of rotatable bonds is 2. The van der Waals surface area contributed by atoms with Crippen molar-refractivity contribution in [3.63, 3.8) is 0 Å². The molecule has 0 aliphatic carbocycles. The molecule has 2 aromatic rings. The number of guanidine groups is 1. The number of aliphatic imine (C=N–C) groups is 1. The number of aromatic amines is 1. The highest BCUT2D eigenvalue weighted by Crippen LogP contribution is 2.26. The third kappa shape index (κ3) is 2.62. The molecule has 2 atom stereocenters. The van der Waals surface area contributed by atoms with E-state index >= 15 is 0 Å². The summed E-state index contributed by atoms with van der Waals surface area (Å²) in [6.07, 6.45) is -0.543. The summed E-state index contributed by atoms with van der Waals surface area (Å²) in [5, 5.41) is 6.59. The molecule has 0 unspecified atom stereocenters. The summed E-state index contributed by atoms with van der Waals surface area (Å²) in [7, 11) is 4.96. The van der Waals surface area contributed by atoms with Gasteiger partial charge in [0.25, 0.3) is 11.9 Å². The highest BCUT2D eigenvalue weighted by molar-refractivity contribution is 6.05. The van der Waals surface area contributed by atoms with Crippen molar-refractivity contribution in [1.29, 1.82) is 0 Å². The minimum absolute atomic E-state index is 0.257. The minimum atomic E-state index is -0.543. The summed E-state index contributed by atoms with van der Waals surface area (Å²) in [5.74, 6) is 1.07. The molecule has 1 saturated heterocycles. The Kier molecular flexibility index (Phi) is 3.87. The van der Waals surface area contributed by atoms with Gasteiger partial charge in [0, 0.05) is 21.1 Å². The van der Waals surface area contributed by atoms with Crippen LogP contribution in [0.1, 0.15) is 5.69 Å². The molecule has 27 heavy (non-hydrogen) atoms. The van der Waals surface area contributed by atoms with E-state index < -0.39 is 12.2 Å².